The second-order valence-electron chi connectivity index (χ2n) is 3.92. The molecule has 1 rings (SSSR count). The summed E-state index contributed by atoms with van der Waals surface area (Å²) < 4.78 is 4.58. The molecular weight excluding hydrogens is 282 g/mol. The van der Waals surface area contributed by atoms with Gasteiger partial charge in [-0.3, -0.25) is 4.79 Å². The van der Waals surface area contributed by atoms with Crippen LogP contribution in [0.25, 0.3) is 0 Å². The summed E-state index contributed by atoms with van der Waals surface area (Å²) in [6, 6.07) is 5.65. The quantitative estimate of drug-likeness (QED) is 0.604. The van der Waals surface area contributed by atoms with Crippen LogP contribution in [-0.2, 0) is 14.3 Å². The molecule has 0 bridgehead atoms. The molecule has 0 aliphatic rings. The molecule has 1 amide bonds. The van der Waals surface area contributed by atoms with E-state index in [2.05, 4.69) is 10.1 Å². The van der Waals surface area contributed by atoms with Crippen LogP contribution < -0.4 is 5.32 Å². The van der Waals surface area contributed by atoms with E-state index in [4.69, 9.17) is 5.11 Å². The van der Waals surface area contributed by atoms with Crippen molar-refractivity contribution < 1.29 is 24.2 Å². The molecule has 0 heterocycles. The Morgan fingerprint density at radius 1 is 1.30 bits per heavy atom. The summed E-state index contributed by atoms with van der Waals surface area (Å²) in [5, 5.41) is 11.3. The molecule has 1 aromatic carbocycles. The lowest BCUT2D eigenvalue weighted by atomic mass is 10.2. The van der Waals surface area contributed by atoms with Gasteiger partial charge in [-0.2, -0.15) is 0 Å². The zero-order chi connectivity index (χ0) is 15.1. The first-order valence-electron chi connectivity index (χ1n) is 5.75. The van der Waals surface area contributed by atoms with Crippen LogP contribution in [-0.4, -0.2) is 41.9 Å². The monoisotopic (exact) mass is 297 g/mol. The highest BCUT2D eigenvalue weighted by Gasteiger charge is 2.18. The molecule has 0 aliphatic carbocycles. The normalized spacial score (nSPS) is 11.5. The number of carbonyl (C=O) groups is 3. The molecule has 6 nitrogen and oxygen atoms in total. The Labute approximate surface area is 120 Å². The van der Waals surface area contributed by atoms with Crippen LogP contribution in [0.2, 0.25) is 0 Å². The first-order chi connectivity index (χ1) is 9.43. The first kappa shape index (κ1) is 16.0. The number of carboxylic acids is 1. The highest BCUT2D eigenvalue weighted by Crippen LogP contribution is 2.19. The summed E-state index contributed by atoms with van der Waals surface area (Å²) in [5.41, 5.74) is 0.425. The maximum Gasteiger partial charge on any atom is 0.337 e. The van der Waals surface area contributed by atoms with Gasteiger partial charge in [0, 0.05) is 17.6 Å². The van der Waals surface area contributed by atoms with Crippen LogP contribution in [0.3, 0.4) is 0 Å². The van der Waals surface area contributed by atoms with Gasteiger partial charge in [-0.05, 0) is 24.3 Å². The molecule has 0 aliphatic heterocycles. The standard InChI is InChI=1S/C13H15NO5S/c1-8(15)14-11(12(16)17)7-20-10-5-3-9(4-6-10)13(18)19-2/h3-6,11H,7H2,1-2H3,(H,14,15)(H,16,17)/t11-/m0/s1. The van der Waals surface area contributed by atoms with Crippen LogP contribution in [0, 0.1) is 0 Å². The van der Waals surface area contributed by atoms with E-state index in [1.165, 1.54) is 25.8 Å². The largest absolute Gasteiger partial charge is 0.480 e. The second kappa shape index (κ2) is 7.54. The summed E-state index contributed by atoms with van der Waals surface area (Å²) in [6.07, 6.45) is 0. The van der Waals surface area contributed by atoms with E-state index in [0.29, 0.717) is 5.56 Å². The van der Waals surface area contributed by atoms with Crippen LogP contribution in [0.5, 0.6) is 0 Å². The Morgan fingerprint density at radius 2 is 1.90 bits per heavy atom. The smallest absolute Gasteiger partial charge is 0.337 e. The molecule has 0 aromatic heterocycles. The Bertz CT molecular complexity index is 500. The van der Waals surface area contributed by atoms with E-state index in [0.717, 1.165) is 4.90 Å². The van der Waals surface area contributed by atoms with E-state index in [9.17, 15) is 14.4 Å². The molecule has 0 spiro atoms. The third-order valence-electron chi connectivity index (χ3n) is 2.37. The minimum absolute atomic E-state index is 0.201. The Morgan fingerprint density at radius 3 is 2.35 bits per heavy atom. The number of ether oxygens (including phenoxy) is 1. The highest BCUT2D eigenvalue weighted by molar-refractivity contribution is 7.99. The van der Waals surface area contributed by atoms with Crippen molar-refractivity contribution in [3.8, 4) is 0 Å². The summed E-state index contributed by atoms with van der Waals surface area (Å²) in [4.78, 5) is 33.9. The molecule has 0 saturated carbocycles. The van der Waals surface area contributed by atoms with E-state index < -0.39 is 18.0 Å². The van der Waals surface area contributed by atoms with Gasteiger partial charge < -0.3 is 15.2 Å². The van der Waals surface area contributed by atoms with Crippen molar-refractivity contribution in [2.24, 2.45) is 0 Å². The van der Waals surface area contributed by atoms with Gasteiger partial charge in [0.25, 0.3) is 0 Å². The average molecular weight is 297 g/mol. The van der Waals surface area contributed by atoms with Crippen molar-refractivity contribution >= 4 is 29.6 Å². The van der Waals surface area contributed by atoms with Gasteiger partial charge in [-0.15, -0.1) is 11.8 Å². The minimum Gasteiger partial charge on any atom is -0.480 e. The number of hydrogen-bond acceptors (Lipinski definition) is 5. The van der Waals surface area contributed by atoms with Gasteiger partial charge in [0.05, 0.1) is 12.7 Å². The number of methoxy groups -OCH3 is 1. The maximum absolute atomic E-state index is 11.2. The van der Waals surface area contributed by atoms with Crippen molar-refractivity contribution in [1.82, 2.24) is 5.32 Å². The lowest BCUT2D eigenvalue weighted by Crippen LogP contribution is -2.41. The van der Waals surface area contributed by atoms with Crippen LogP contribution in [0.4, 0.5) is 0 Å². The number of esters is 1. The first-order valence-corrected chi connectivity index (χ1v) is 6.73. The van der Waals surface area contributed by atoms with E-state index in [1.54, 1.807) is 24.3 Å². The third kappa shape index (κ3) is 4.93. The molecule has 0 radical (unpaired) electrons. The fraction of sp³-hybridized carbons (Fsp3) is 0.308. The molecule has 0 saturated heterocycles. The van der Waals surface area contributed by atoms with Crippen LogP contribution in [0.15, 0.2) is 29.2 Å². The lowest BCUT2D eigenvalue weighted by Gasteiger charge is -2.12. The summed E-state index contributed by atoms with van der Waals surface area (Å²) in [6.45, 7) is 1.27. The zero-order valence-corrected chi connectivity index (χ0v) is 11.9. The zero-order valence-electron chi connectivity index (χ0n) is 11.1. The number of aliphatic carboxylic acids is 1. The number of rotatable bonds is 6. The molecule has 1 atom stereocenters. The predicted octanol–water partition coefficient (Wildman–Crippen LogP) is 1.15. The minimum atomic E-state index is -1.08. The molecule has 108 valence electrons. The van der Waals surface area contributed by atoms with Crippen molar-refractivity contribution in [2.45, 2.75) is 17.9 Å². The number of amides is 1. The lowest BCUT2D eigenvalue weighted by molar-refractivity contribution is -0.140. The number of thioether (sulfide) groups is 1. The van der Waals surface area contributed by atoms with Gasteiger partial charge >= 0.3 is 11.9 Å². The second-order valence-corrected chi connectivity index (χ2v) is 5.01. The maximum atomic E-state index is 11.2. The Kier molecular flexibility index (Phi) is 6.05. The molecule has 7 heteroatoms. The summed E-state index contributed by atoms with van der Waals surface area (Å²) in [5.74, 6) is -1.70. The van der Waals surface area contributed by atoms with Gasteiger partial charge in [-0.1, -0.05) is 0 Å². The Hall–Kier alpha value is -2.02. The molecule has 20 heavy (non-hydrogen) atoms. The van der Waals surface area contributed by atoms with Crippen molar-refractivity contribution in [2.75, 3.05) is 12.9 Å². The van der Waals surface area contributed by atoms with E-state index >= 15 is 0 Å². The molecule has 0 unspecified atom stereocenters. The van der Waals surface area contributed by atoms with Gasteiger partial charge in [-0.25, -0.2) is 9.59 Å². The number of carbonyl (C=O) groups excluding carboxylic acids is 2. The third-order valence-corrected chi connectivity index (χ3v) is 3.47. The van der Waals surface area contributed by atoms with Crippen molar-refractivity contribution in [3.05, 3.63) is 29.8 Å². The fourth-order valence-electron chi connectivity index (χ4n) is 1.40. The van der Waals surface area contributed by atoms with Gasteiger partial charge in [0.2, 0.25) is 5.91 Å². The summed E-state index contributed by atoms with van der Waals surface area (Å²) in [7, 11) is 1.30. The number of hydrogen-bond donors (Lipinski definition) is 2. The van der Waals surface area contributed by atoms with E-state index in [1.807, 2.05) is 0 Å². The number of nitrogens with one attached hydrogen (secondary N) is 1. The molecule has 2 N–H and O–H groups in total. The average Bonchev–Trinajstić information content (AvgIpc) is 2.42. The number of carboxylic acid groups (broad SMARTS) is 1. The SMILES string of the molecule is COC(=O)c1ccc(SC[C@H](NC(C)=O)C(=O)O)cc1. The topological polar surface area (TPSA) is 92.7 Å². The Balaban J connectivity index is 2.62. The van der Waals surface area contributed by atoms with Crippen molar-refractivity contribution in [3.63, 3.8) is 0 Å². The molecular formula is C13H15NO5S. The molecule has 0 fully saturated rings. The molecule has 1 aromatic rings. The van der Waals surface area contributed by atoms with E-state index in [-0.39, 0.29) is 11.7 Å². The van der Waals surface area contributed by atoms with Crippen LogP contribution >= 0.6 is 11.8 Å². The van der Waals surface area contributed by atoms with Crippen LogP contribution in [0.1, 0.15) is 17.3 Å². The highest BCUT2D eigenvalue weighted by atomic mass is 32.2. The summed E-state index contributed by atoms with van der Waals surface area (Å²) >= 11 is 1.28. The predicted molar refractivity (Wildman–Crippen MR) is 73.7 cm³/mol. The fourth-order valence-corrected chi connectivity index (χ4v) is 2.32. The van der Waals surface area contributed by atoms with Gasteiger partial charge in [0.1, 0.15) is 6.04 Å². The van der Waals surface area contributed by atoms with Gasteiger partial charge in [0.15, 0.2) is 0 Å². The number of benzene rings is 1. The van der Waals surface area contributed by atoms with Crippen molar-refractivity contribution in [1.29, 1.82) is 0 Å².